The molecule has 1 saturated heterocycles. The van der Waals surface area contributed by atoms with Crippen LogP contribution >= 0.6 is 0 Å². The first kappa shape index (κ1) is 15.7. The zero-order chi connectivity index (χ0) is 16.1. The summed E-state index contributed by atoms with van der Waals surface area (Å²) in [6, 6.07) is 0. The molecule has 0 radical (unpaired) electrons. The number of carbonyl (C=O) groups excluding carboxylic acids is 1. The highest BCUT2D eigenvalue weighted by Crippen LogP contribution is 2.58. The van der Waals surface area contributed by atoms with Gasteiger partial charge in [-0.05, 0) is 38.8 Å². The fourth-order valence-corrected chi connectivity index (χ4v) is 3.42. The maximum atomic E-state index is 12.1. The number of hydrogen-bond acceptors (Lipinski definition) is 5. The van der Waals surface area contributed by atoms with Crippen molar-refractivity contribution in [2.45, 2.75) is 50.9 Å². The molecule has 2 aliphatic rings. The molecular weight excluding hydrogens is 276 g/mol. The third-order valence-corrected chi connectivity index (χ3v) is 4.62. The number of allylic oxidation sites excluding steroid dienone is 2. The molecule has 0 aromatic rings. The highest BCUT2D eigenvalue weighted by Gasteiger charge is 2.72. The van der Waals surface area contributed by atoms with Crippen molar-refractivity contribution in [2.75, 3.05) is 0 Å². The fourth-order valence-electron chi connectivity index (χ4n) is 3.42. The number of aliphatic hydroxyl groups is 2. The second kappa shape index (κ2) is 4.68. The largest absolute Gasteiger partial charge is 0.478 e. The molecule has 0 aromatic heterocycles. The Morgan fingerprint density at radius 1 is 1.38 bits per heavy atom. The Balaban J connectivity index is 2.43. The smallest absolute Gasteiger partial charge is 0.328 e. The molecule has 2 bridgehead atoms. The Morgan fingerprint density at radius 3 is 2.52 bits per heavy atom. The van der Waals surface area contributed by atoms with Crippen molar-refractivity contribution in [3.05, 3.63) is 23.8 Å². The van der Waals surface area contributed by atoms with Crippen LogP contribution in [0.2, 0.25) is 0 Å². The minimum Gasteiger partial charge on any atom is -0.478 e. The first-order chi connectivity index (χ1) is 9.54. The molecule has 1 saturated carbocycles. The topological polar surface area (TPSA) is 104 Å². The number of esters is 1. The maximum absolute atomic E-state index is 12.1. The summed E-state index contributed by atoms with van der Waals surface area (Å²) in [4.78, 5) is 22.7. The lowest BCUT2D eigenvalue weighted by Gasteiger charge is -2.47. The van der Waals surface area contributed by atoms with Gasteiger partial charge in [-0.2, -0.15) is 0 Å². The van der Waals surface area contributed by atoms with Gasteiger partial charge in [0.1, 0.15) is 16.6 Å². The summed E-state index contributed by atoms with van der Waals surface area (Å²) in [6.07, 6.45) is 3.40. The quantitative estimate of drug-likeness (QED) is 0.404. The van der Waals surface area contributed by atoms with Gasteiger partial charge in [0.05, 0.1) is 6.10 Å². The normalized spacial score (nSPS) is 43.2. The van der Waals surface area contributed by atoms with Crippen LogP contribution in [0.4, 0.5) is 0 Å². The lowest BCUT2D eigenvalue weighted by atomic mass is 9.59. The van der Waals surface area contributed by atoms with Crippen molar-refractivity contribution in [3.8, 4) is 0 Å². The summed E-state index contributed by atoms with van der Waals surface area (Å²) in [6.45, 7) is 4.73. The van der Waals surface area contributed by atoms with Gasteiger partial charge in [-0.3, -0.25) is 4.79 Å². The average molecular weight is 296 g/mol. The van der Waals surface area contributed by atoms with Crippen LogP contribution in [-0.2, 0) is 14.3 Å². The minimum absolute atomic E-state index is 0.101. The van der Waals surface area contributed by atoms with E-state index in [1.165, 1.54) is 12.2 Å². The molecule has 1 aliphatic carbocycles. The van der Waals surface area contributed by atoms with E-state index in [1.807, 2.05) is 0 Å². The van der Waals surface area contributed by atoms with Crippen LogP contribution in [0.25, 0.3) is 0 Å². The molecule has 6 nitrogen and oxygen atoms in total. The van der Waals surface area contributed by atoms with Gasteiger partial charge >= 0.3 is 11.9 Å². The number of aliphatic carboxylic acids is 1. The van der Waals surface area contributed by atoms with Crippen molar-refractivity contribution in [2.24, 2.45) is 5.41 Å². The van der Waals surface area contributed by atoms with Gasteiger partial charge in [0.15, 0.2) is 0 Å². The van der Waals surface area contributed by atoms with E-state index in [4.69, 9.17) is 9.84 Å². The lowest BCUT2D eigenvalue weighted by molar-refractivity contribution is -0.156. The Labute approximate surface area is 122 Å². The van der Waals surface area contributed by atoms with E-state index in [0.717, 1.165) is 6.08 Å². The molecule has 2 rings (SSSR count). The van der Waals surface area contributed by atoms with Crippen molar-refractivity contribution in [3.63, 3.8) is 0 Å². The highest BCUT2D eigenvalue weighted by atomic mass is 16.6. The van der Waals surface area contributed by atoms with Crippen LogP contribution in [0.3, 0.4) is 0 Å². The monoisotopic (exact) mass is 296 g/mol. The van der Waals surface area contributed by atoms with Crippen molar-refractivity contribution in [1.82, 2.24) is 0 Å². The number of carboxylic acid groups (broad SMARTS) is 1. The lowest BCUT2D eigenvalue weighted by Crippen LogP contribution is -2.61. The van der Waals surface area contributed by atoms with Crippen molar-refractivity contribution >= 4 is 11.9 Å². The Kier molecular flexibility index (Phi) is 3.50. The van der Waals surface area contributed by atoms with E-state index in [2.05, 4.69) is 0 Å². The second-order valence-corrected chi connectivity index (χ2v) is 6.34. The summed E-state index contributed by atoms with van der Waals surface area (Å²) in [5, 5.41) is 29.6. The molecule has 0 spiro atoms. The Hall–Kier alpha value is -1.66. The van der Waals surface area contributed by atoms with Gasteiger partial charge in [-0.1, -0.05) is 6.08 Å². The number of fused-ring (bicyclic) bond motifs is 2. The first-order valence-corrected chi connectivity index (χ1v) is 6.78. The summed E-state index contributed by atoms with van der Waals surface area (Å²) in [5.74, 6) is -1.63. The summed E-state index contributed by atoms with van der Waals surface area (Å²) in [7, 11) is 0. The number of ether oxygens (including phenoxy) is 1. The molecule has 0 unspecified atom stereocenters. The molecular formula is C15H20O6. The van der Waals surface area contributed by atoms with Gasteiger partial charge in [0, 0.05) is 12.5 Å². The summed E-state index contributed by atoms with van der Waals surface area (Å²) >= 11 is 0. The highest BCUT2D eigenvalue weighted by molar-refractivity contribution is 5.84. The van der Waals surface area contributed by atoms with Crippen molar-refractivity contribution < 1.29 is 29.6 Å². The zero-order valence-corrected chi connectivity index (χ0v) is 12.3. The number of carbonyl (C=O) groups is 2. The van der Waals surface area contributed by atoms with E-state index in [1.54, 1.807) is 20.8 Å². The van der Waals surface area contributed by atoms with Crippen LogP contribution in [0.5, 0.6) is 0 Å². The molecule has 0 amide bonds. The first-order valence-electron chi connectivity index (χ1n) is 6.78. The van der Waals surface area contributed by atoms with Gasteiger partial charge in [0.2, 0.25) is 0 Å². The number of aliphatic hydroxyl groups excluding tert-OH is 1. The average Bonchev–Trinajstić information content (AvgIpc) is 2.41. The maximum Gasteiger partial charge on any atom is 0.328 e. The molecule has 3 N–H and O–H groups in total. The molecule has 1 heterocycles. The number of hydrogen-bond donors (Lipinski definition) is 3. The molecule has 2 fully saturated rings. The van der Waals surface area contributed by atoms with E-state index < -0.39 is 34.7 Å². The Bertz CT molecular complexity index is 550. The van der Waals surface area contributed by atoms with E-state index in [0.29, 0.717) is 5.57 Å². The van der Waals surface area contributed by atoms with E-state index in [-0.39, 0.29) is 12.8 Å². The van der Waals surface area contributed by atoms with Gasteiger partial charge in [-0.15, -0.1) is 0 Å². The summed E-state index contributed by atoms with van der Waals surface area (Å²) in [5.41, 5.74) is -3.64. The third kappa shape index (κ3) is 2.18. The van der Waals surface area contributed by atoms with Crippen LogP contribution in [0, 0.1) is 5.41 Å². The van der Waals surface area contributed by atoms with E-state index >= 15 is 0 Å². The molecule has 1 aliphatic heterocycles. The predicted octanol–water partition coefficient (Wildman–Crippen LogP) is 0.781. The minimum atomic E-state index is -1.59. The van der Waals surface area contributed by atoms with E-state index in [9.17, 15) is 19.8 Å². The number of rotatable bonds is 3. The van der Waals surface area contributed by atoms with Crippen LogP contribution in [0.1, 0.15) is 33.6 Å². The summed E-state index contributed by atoms with van der Waals surface area (Å²) < 4.78 is 5.34. The molecule has 4 atom stereocenters. The SMILES string of the molecule is CC(/C=C/[C@@]1(O)[C@@]2(C)C[C@H](O)C[C@@]1(C)C(=O)O2)=C\C(=O)O. The van der Waals surface area contributed by atoms with Crippen molar-refractivity contribution in [1.29, 1.82) is 0 Å². The van der Waals surface area contributed by atoms with Crippen LogP contribution in [-0.4, -0.2) is 44.6 Å². The number of carboxylic acids is 1. The second-order valence-electron chi connectivity index (χ2n) is 6.34. The van der Waals surface area contributed by atoms with Crippen LogP contribution < -0.4 is 0 Å². The molecule has 0 aromatic carbocycles. The predicted molar refractivity (Wildman–Crippen MR) is 73.3 cm³/mol. The third-order valence-electron chi connectivity index (χ3n) is 4.62. The zero-order valence-electron chi connectivity index (χ0n) is 12.3. The van der Waals surface area contributed by atoms with Gasteiger partial charge in [0.25, 0.3) is 0 Å². The Morgan fingerprint density at radius 2 is 2.00 bits per heavy atom. The molecule has 116 valence electrons. The molecule has 21 heavy (non-hydrogen) atoms. The van der Waals surface area contributed by atoms with Gasteiger partial charge in [-0.25, -0.2) is 4.79 Å². The van der Waals surface area contributed by atoms with Gasteiger partial charge < -0.3 is 20.1 Å². The fraction of sp³-hybridized carbons (Fsp3) is 0.600. The molecule has 6 heteroatoms. The standard InChI is InChI=1S/C15H20O6/c1-9(6-11(17)18)4-5-15(20)13(2)7-10(16)8-14(15,3)21-12(13)19/h4-6,10,16,20H,7-8H2,1-3H3,(H,17,18)/b5-4+,9-6+/t10-,13+,14-,15+/m1/s1. The van der Waals surface area contributed by atoms with Crippen LogP contribution in [0.15, 0.2) is 23.8 Å².